The van der Waals surface area contributed by atoms with Gasteiger partial charge in [0.15, 0.2) is 0 Å². The second-order valence-corrected chi connectivity index (χ2v) is 4.82. The van der Waals surface area contributed by atoms with E-state index >= 15 is 0 Å². The van der Waals surface area contributed by atoms with Gasteiger partial charge in [-0.15, -0.1) is 0 Å². The molecule has 4 heteroatoms. The number of rotatable bonds is 3. The lowest BCUT2D eigenvalue weighted by Crippen LogP contribution is -2.44. The van der Waals surface area contributed by atoms with Crippen LogP contribution in [0.15, 0.2) is 24.3 Å². The number of benzene rings is 1. The molecule has 1 N–H and O–H groups in total. The zero-order valence-corrected chi connectivity index (χ0v) is 10.4. The van der Waals surface area contributed by atoms with Gasteiger partial charge < -0.3 is 5.11 Å². The van der Waals surface area contributed by atoms with Crippen molar-refractivity contribution in [1.82, 2.24) is 4.90 Å². The molecule has 1 saturated heterocycles. The van der Waals surface area contributed by atoms with E-state index in [1.54, 1.807) is 0 Å². The molecule has 1 aliphatic heterocycles. The number of carboxylic acids is 1. The summed E-state index contributed by atoms with van der Waals surface area (Å²) in [4.78, 5) is 13.2. The van der Waals surface area contributed by atoms with E-state index in [1.807, 2.05) is 29.2 Å². The lowest BCUT2D eigenvalue weighted by molar-refractivity contribution is -0.144. The molecule has 0 spiro atoms. The van der Waals surface area contributed by atoms with E-state index in [1.165, 1.54) is 0 Å². The molecule has 3 nitrogen and oxygen atoms in total. The van der Waals surface area contributed by atoms with Crippen LogP contribution in [0.4, 0.5) is 0 Å². The van der Waals surface area contributed by atoms with Crippen molar-refractivity contribution in [3.63, 3.8) is 0 Å². The first-order chi connectivity index (χ1) is 8.18. The van der Waals surface area contributed by atoms with Crippen molar-refractivity contribution in [2.24, 2.45) is 0 Å². The van der Waals surface area contributed by atoms with E-state index in [9.17, 15) is 9.90 Å². The molecular weight excluding hydrogens is 238 g/mol. The number of likely N-dealkylation sites (tertiary alicyclic amines) is 1. The van der Waals surface area contributed by atoms with Gasteiger partial charge in [0, 0.05) is 11.6 Å². The predicted molar refractivity (Wildman–Crippen MR) is 67.1 cm³/mol. The number of hydrogen-bond donors (Lipinski definition) is 1. The molecule has 0 saturated carbocycles. The molecule has 1 fully saturated rings. The largest absolute Gasteiger partial charge is 0.480 e. The number of carbonyl (C=O) groups is 1. The summed E-state index contributed by atoms with van der Waals surface area (Å²) >= 11 is 6.10. The third-order valence-corrected chi connectivity index (χ3v) is 3.60. The van der Waals surface area contributed by atoms with Crippen molar-refractivity contribution < 1.29 is 9.90 Å². The zero-order valence-electron chi connectivity index (χ0n) is 9.60. The first-order valence-electron chi connectivity index (χ1n) is 5.89. The highest BCUT2D eigenvalue weighted by atomic mass is 35.5. The third-order valence-electron chi connectivity index (χ3n) is 3.23. The molecule has 1 aliphatic rings. The van der Waals surface area contributed by atoms with Gasteiger partial charge >= 0.3 is 5.97 Å². The zero-order chi connectivity index (χ0) is 12.3. The Hall–Kier alpha value is -1.06. The summed E-state index contributed by atoms with van der Waals surface area (Å²) in [6.45, 7) is 1.46. The summed E-state index contributed by atoms with van der Waals surface area (Å²) in [7, 11) is 0. The molecule has 1 aromatic carbocycles. The Morgan fingerprint density at radius 3 is 2.88 bits per heavy atom. The lowest BCUT2D eigenvalue weighted by atomic mass is 10.0. The van der Waals surface area contributed by atoms with E-state index in [4.69, 9.17) is 11.6 Å². The summed E-state index contributed by atoms with van der Waals surface area (Å²) in [5.74, 6) is -0.725. The average Bonchev–Trinajstić information content (AvgIpc) is 2.32. The Bertz CT molecular complexity index is 408. The van der Waals surface area contributed by atoms with Crippen LogP contribution in [0, 0.1) is 0 Å². The van der Waals surface area contributed by atoms with Gasteiger partial charge in [-0.3, -0.25) is 9.69 Å². The Kier molecular flexibility index (Phi) is 4.02. The first kappa shape index (κ1) is 12.4. The molecule has 1 aromatic rings. The van der Waals surface area contributed by atoms with E-state index in [-0.39, 0.29) is 6.04 Å². The van der Waals surface area contributed by atoms with Crippen LogP contribution < -0.4 is 0 Å². The molecule has 1 unspecified atom stereocenters. The fourth-order valence-corrected chi connectivity index (χ4v) is 2.50. The Morgan fingerprint density at radius 2 is 2.18 bits per heavy atom. The van der Waals surface area contributed by atoms with Crippen molar-refractivity contribution in [2.45, 2.75) is 31.8 Å². The highest BCUT2D eigenvalue weighted by Crippen LogP contribution is 2.23. The molecule has 2 rings (SSSR count). The van der Waals surface area contributed by atoms with Crippen molar-refractivity contribution in [2.75, 3.05) is 6.54 Å². The summed E-state index contributed by atoms with van der Waals surface area (Å²) in [6.07, 6.45) is 2.80. The minimum atomic E-state index is -0.725. The van der Waals surface area contributed by atoms with Gasteiger partial charge in [0.2, 0.25) is 0 Å². The van der Waals surface area contributed by atoms with Crippen LogP contribution in [0.3, 0.4) is 0 Å². The summed E-state index contributed by atoms with van der Waals surface area (Å²) in [5, 5.41) is 9.89. The van der Waals surface area contributed by atoms with Gasteiger partial charge in [0.05, 0.1) is 0 Å². The number of hydrogen-bond acceptors (Lipinski definition) is 2. The van der Waals surface area contributed by atoms with E-state index in [0.29, 0.717) is 11.6 Å². The fraction of sp³-hybridized carbons (Fsp3) is 0.462. The van der Waals surface area contributed by atoms with Crippen LogP contribution in [0.2, 0.25) is 5.02 Å². The third kappa shape index (κ3) is 2.99. The Morgan fingerprint density at radius 1 is 1.41 bits per heavy atom. The number of nitrogens with zero attached hydrogens (tertiary/aromatic N) is 1. The maximum Gasteiger partial charge on any atom is 0.320 e. The number of carboxylic acid groups (broad SMARTS) is 1. The highest BCUT2D eigenvalue weighted by Gasteiger charge is 2.28. The summed E-state index contributed by atoms with van der Waals surface area (Å²) < 4.78 is 0. The normalized spacial score (nSPS) is 21.4. The van der Waals surface area contributed by atoms with Gasteiger partial charge in [-0.25, -0.2) is 0 Å². The smallest absolute Gasteiger partial charge is 0.320 e. The van der Waals surface area contributed by atoms with Crippen LogP contribution in [0.5, 0.6) is 0 Å². The molecular formula is C13H16ClNO2. The highest BCUT2D eigenvalue weighted by molar-refractivity contribution is 6.31. The Balaban J connectivity index is 2.11. The monoisotopic (exact) mass is 253 g/mol. The first-order valence-corrected chi connectivity index (χ1v) is 6.26. The van der Waals surface area contributed by atoms with Crippen LogP contribution in [0.1, 0.15) is 24.8 Å². The topological polar surface area (TPSA) is 40.5 Å². The minimum Gasteiger partial charge on any atom is -0.480 e. The van der Waals surface area contributed by atoms with Crippen LogP contribution in [-0.2, 0) is 11.3 Å². The van der Waals surface area contributed by atoms with Crippen LogP contribution >= 0.6 is 11.6 Å². The Labute approximate surface area is 106 Å². The number of halogens is 1. The van der Waals surface area contributed by atoms with E-state index in [0.717, 1.165) is 31.4 Å². The molecule has 0 bridgehead atoms. The molecule has 0 aromatic heterocycles. The summed E-state index contributed by atoms with van der Waals surface area (Å²) in [5.41, 5.74) is 1.00. The number of aliphatic carboxylic acids is 1. The van der Waals surface area contributed by atoms with Crippen LogP contribution in [-0.4, -0.2) is 28.6 Å². The SMILES string of the molecule is O=C(O)C1CCCCN1Cc1ccccc1Cl. The summed E-state index contributed by atoms with van der Waals surface area (Å²) in [6, 6.07) is 7.25. The molecule has 0 amide bonds. The molecule has 1 heterocycles. The predicted octanol–water partition coefficient (Wildman–Crippen LogP) is 2.78. The maximum absolute atomic E-state index is 11.2. The molecule has 1 atom stereocenters. The second kappa shape index (κ2) is 5.52. The molecule has 92 valence electrons. The van der Waals surface area contributed by atoms with Gasteiger partial charge in [-0.2, -0.15) is 0 Å². The average molecular weight is 254 g/mol. The van der Waals surface area contributed by atoms with Gasteiger partial charge in [-0.1, -0.05) is 36.2 Å². The number of piperidine rings is 1. The minimum absolute atomic E-state index is 0.361. The van der Waals surface area contributed by atoms with Crippen molar-refractivity contribution in [3.8, 4) is 0 Å². The van der Waals surface area contributed by atoms with Gasteiger partial charge in [0.1, 0.15) is 6.04 Å². The maximum atomic E-state index is 11.2. The molecule has 0 radical (unpaired) electrons. The van der Waals surface area contributed by atoms with Crippen molar-refractivity contribution in [3.05, 3.63) is 34.9 Å². The van der Waals surface area contributed by atoms with Crippen LogP contribution in [0.25, 0.3) is 0 Å². The van der Waals surface area contributed by atoms with Crippen molar-refractivity contribution in [1.29, 1.82) is 0 Å². The quantitative estimate of drug-likeness (QED) is 0.901. The standard InChI is InChI=1S/C13H16ClNO2/c14-11-6-2-1-5-10(11)9-15-8-4-3-7-12(15)13(16)17/h1-2,5-6,12H,3-4,7-9H2,(H,16,17). The van der Waals surface area contributed by atoms with E-state index < -0.39 is 5.97 Å². The molecule has 0 aliphatic carbocycles. The van der Waals surface area contributed by atoms with Gasteiger partial charge in [0.25, 0.3) is 0 Å². The van der Waals surface area contributed by atoms with Crippen molar-refractivity contribution >= 4 is 17.6 Å². The van der Waals surface area contributed by atoms with E-state index in [2.05, 4.69) is 0 Å². The molecule has 17 heavy (non-hydrogen) atoms. The van der Waals surface area contributed by atoms with Gasteiger partial charge in [-0.05, 0) is 31.0 Å². The second-order valence-electron chi connectivity index (χ2n) is 4.41. The fourth-order valence-electron chi connectivity index (χ4n) is 2.31. The lowest BCUT2D eigenvalue weighted by Gasteiger charge is -2.33.